The van der Waals surface area contributed by atoms with E-state index in [9.17, 15) is 27.6 Å². The van der Waals surface area contributed by atoms with Crippen molar-refractivity contribution in [2.75, 3.05) is 0 Å². The Hall–Kier alpha value is -3.07. The number of hydrogen-bond acceptors (Lipinski definition) is 3. The molecule has 10 heteroatoms. The average Bonchev–Trinajstić information content (AvgIpc) is 2.65. The summed E-state index contributed by atoms with van der Waals surface area (Å²) in [5.74, 6) is -2.21. The van der Waals surface area contributed by atoms with E-state index in [-0.39, 0.29) is 17.1 Å². The third kappa shape index (κ3) is 6.49. The lowest BCUT2D eigenvalue weighted by Gasteiger charge is -2.18. The van der Waals surface area contributed by atoms with Crippen LogP contribution in [0.5, 0.6) is 0 Å². The van der Waals surface area contributed by atoms with E-state index < -0.39 is 41.9 Å². The molecule has 6 nitrogen and oxygen atoms in total. The van der Waals surface area contributed by atoms with Crippen LogP contribution in [0.25, 0.3) is 0 Å². The highest BCUT2D eigenvalue weighted by molar-refractivity contribution is 6.33. The highest BCUT2D eigenvalue weighted by Gasteiger charge is 2.30. The summed E-state index contributed by atoms with van der Waals surface area (Å²) in [5.41, 5.74) is 4.84. The minimum Gasteiger partial charge on any atom is -0.370 e. The quantitative estimate of drug-likeness (QED) is 0.633. The third-order valence-electron chi connectivity index (χ3n) is 3.89. The molecule has 0 saturated heterocycles. The lowest BCUT2D eigenvalue weighted by atomic mass is 10.1. The molecule has 0 aliphatic carbocycles. The SMILES string of the molecule is NC(=O)C[C@@H](NC(=O)c1ccccc1Cl)C(=O)NCc1ccc(C(F)(F)F)cc1. The van der Waals surface area contributed by atoms with Crippen molar-refractivity contribution < 1.29 is 27.6 Å². The van der Waals surface area contributed by atoms with E-state index in [4.69, 9.17) is 17.3 Å². The van der Waals surface area contributed by atoms with E-state index in [1.165, 1.54) is 24.3 Å². The summed E-state index contributed by atoms with van der Waals surface area (Å²) in [5, 5.41) is 5.00. The molecule has 2 aromatic carbocycles. The number of halogens is 4. The Morgan fingerprint density at radius 2 is 1.66 bits per heavy atom. The van der Waals surface area contributed by atoms with E-state index in [2.05, 4.69) is 10.6 Å². The molecule has 29 heavy (non-hydrogen) atoms. The van der Waals surface area contributed by atoms with Crippen molar-refractivity contribution in [3.63, 3.8) is 0 Å². The molecule has 3 amide bonds. The zero-order valence-electron chi connectivity index (χ0n) is 14.9. The maximum Gasteiger partial charge on any atom is 0.416 e. The summed E-state index contributed by atoms with van der Waals surface area (Å²) in [6.07, 6.45) is -4.92. The zero-order valence-corrected chi connectivity index (χ0v) is 15.7. The molecule has 0 spiro atoms. The Bertz CT molecular complexity index is 902. The summed E-state index contributed by atoms with van der Waals surface area (Å²) in [6, 6.07) is 9.08. The highest BCUT2D eigenvalue weighted by Crippen LogP contribution is 2.29. The molecule has 0 aliphatic heterocycles. The van der Waals surface area contributed by atoms with Crippen LogP contribution in [0.1, 0.15) is 27.9 Å². The van der Waals surface area contributed by atoms with Gasteiger partial charge in [-0.2, -0.15) is 13.2 Å². The van der Waals surface area contributed by atoms with Gasteiger partial charge in [0.2, 0.25) is 11.8 Å². The highest BCUT2D eigenvalue weighted by atomic mass is 35.5. The predicted octanol–water partition coefficient (Wildman–Crippen LogP) is 2.65. The molecule has 4 N–H and O–H groups in total. The Balaban J connectivity index is 2.04. The fraction of sp³-hybridized carbons (Fsp3) is 0.211. The molecule has 0 bridgehead atoms. The second-order valence-electron chi connectivity index (χ2n) is 6.09. The van der Waals surface area contributed by atoms with Crippen molar-refractivity contribution in [1.29, 1.82) is 0 Å². The maximum absolute atomic E-state index is 12.6. The van der Waals surface area contributed by atoms with Gasteiger partial charge >= 0.3 is 6.18 Å². The van der Waals surface area contributed by atoms with Crippen LogP contribution in [0.2, 0.25) is 5.02 Å². The second kappa shape index (κ2) is 9.42. The molecule has 2 rings (SSSR count). The van der Waals surface area contributed by atoms with Gasteiger partial charge < -0.3 is 16.4 Å². The number of nitrogens with two attached hydrogens (primary N) is 1. The zero-order chi connectivity index (χ0) is 21.6. The molecule has 0 saturated carbocycles. The van der Waals surface area contributed by atoms with E-state index in [1.54, 1.807) is 12.1 Å². The van der Waals surface area contributed by atoms with Crippen molar-refractivity contribution in [2.45, 2.75) is 25.2 Å². The average molecular weight is 428 g/mol. The van der Waals surface area contributed by atoms with Crippen LogP contribution in [-0.2, 0) is 22.3 Å². The lowest BCUT2D eigenvalue weighted by Crippen LogP contribution is -2.48. The number of carbonyl (C=O) groups excluding carboxylic acids is 3. The van der Waals surface area contributed by atoms with E-state index in [0.29, 0.717) is 5.56 Å². The van der Waals surface area contributed by atoms with Gasteiger partial charge in [-0.05, 0) is 29.8 Å². The molecule has 2 aromatic rings. The van der Waals surface area contributed by atoms with Crippen LogP contribution in [0.4, 0.5) is 13.2 Å². The van der Waals surface area contributed by atoms with Crippen molar-refractivity contribution in [2.24, 2.45) is 5.73 Å². The standard InChI is InChI=1S/C19H17ClF3N3O3/c20-14-4-2-1-3-13(14)17(28)26-15(9-16(24)27)18(29)25-10-11-5-7-12(8-6-11)19(21,22)23/h1-8,15H,9-10H2,(H2,24,27)(H,25,29)(H,26,28)/t15-/m1/s1. The Kier molecular flexibility index (Phi) is 7.22. The molecule has 0 aliphatic rings. The first-order chi connectivity index (χ1) is 13.6. The lowest BCUT2D eigenvalue weighted by molar-refractivity contribution is -0.137. The Morgan fingerprint density at radius 1 is 1.03 bits per heavy atom. The van der Waals surface area contributed by atoms with Crippen molar-refractivity contribution in [3.8, 4) is 0 Å². The van der Waals surface area contributed by atoms with Gasteiger partial charge in [0.25, 0.3) is 5.91 Å². The first-order valence-electron chi connectivity index (χ1n) is 8.35. The van der Waals surface area contributed by atoms with Crippen LogP contribution in [0, 0.1) is 0 Å². The van der Waals surface area contributed by atoms with Crippen LogP contribution in [-0.4, -0.2) is 23.8 Å². The van der Waals surface area contributed by atoms with Gasteiger partial charge in [0.15, 0.2) is 0 Å². The van der Waals surface area contributed by atoms with Crippen molar-refractivity contribution in [1.82, 2.24) is 10.6 Å². The molecule has 154 valence electrons. The molecular formula is C19H17ClF3N3O3. The Morgan fingerprint density at radius 3 is 2.21 bits per heavy atom. The van der Waals surface area contributed by atoms with Crippen molar-refractivity contribution >= 4 is 29.3 Å². The summed E-state index contributed by atoms with van der Waals surface area (Å²) >= 11 is 5.94. The molecule has 0 aromatic heterocycles. The molecule has 0 heterocycles. The monoisotopic (exact) mass is 427 g/mol. The molecule has 1 atom stereocenters. The van der Waals surface area contributed by atoms with Crippen molar-refractivity contribution in [3.05, 3.63) is 70.2 Å². The fourth-order valence-electron chi connectivity index (χ4n) is 2.42. The Labute approximate surface area is 169 Å². The van der Waals surface area contributed by atoms with E-state index in [1.807, 2.05) is 0 Å². The summed E-state index contributed by atoms with van der Waals surface area (Å²) in [6.45, 7) is -0.103. The topological polar surface area (TPSA) is 101 Å². The number of nitrogens with one attached hydrogen (secondary N) is 2. The first kappa shape index (κ1) is 22.2. The summed E-state index contributed by atoms with van der Waals surface area (Å²) in [7, 11) is 0. The van der Waals surface area contributed by atoms with Gasteiger partial charge in [0.1, 0.15) is 6.04 Å². The van der Waals surface area contributed by atoms with Gasteiger partial charge in [-0.25, -0.2) is 0 Å². The number of rotatable bonds is 7. The molecular weight excluding hydrogens is 411 g/mol. The number of amides is 3. The van der Waals surface area contributed by atoms with Gasteiger partial charge in [0.05, 0.1) is 22.6 Å². The molecule has 0 radical (unpaired) electrons. The van der Waals surface area contributed by atoms with E-state index in [0.717, 1.165) is 12.1 Å². The number of primary amides is 1. The summed E-state index contributed by atoms with van der Waals surface area (Å²) in [4.78, 5) is 36.0. The molecule has 0 unspecified atom stereocenters. The smallest absolute Gasteiger partial charge is 0.370 e. The van der Waals surface area contributed by atoms with Crippen LogP contribution < -0.4 is 16.4 Å². The molecule has 0 fully saturated rings. The number of alkyl halides is 3. The van der Waals surface area contributed by atoms with Gasteiger partial charge in [-0.15, -0.1) is 0 Å². The third-order valence-corrected chi connectivity index (χ3v) is 4.22. The minimum absolute atomic E-state index is 0.103. The van der Waals surface area contributed by atoms with Crippen LogP contribution >= 0.6 is 11.6 Å². The fourth-order valence-corrected chi connectivity index (χ4v) is 2.64. The van der Waals surface area contributed by atoms with E-state index >= 15 is 0 Å². The maximum atomic E-state index is 12.6. The van der Waals surface area contributed by atoms with Crippen LogP contribution in [0.3, 0.4) is 0 Å². The number of carbonyl (C=O) groups is 3. The minimum atomic E-state index is -4.46. The van der Waals surface area contributed by atoms with Gasteiger partial charge in [-0.3, -0.25) is 14.4 Å². The number of benzene rings is 2. The second-order valence-corrected chi connectivity index (χ2v) is 6.50. The normalized spacial score (nSPS) is 12.1. The summed E-state index contributed by atoms with van der Waals surface area (Å²) < 4.78 is 37.8. The van der Waals surface area contributed by atoms with Gasteiger partial charge in [0, 0.05) is 6.54 Å². The van der Waals surface area contributed by atoms with Crippen LogP contribution in [0.15, 0.2) is 48.5 Å². The largest absolute Gasteiger partial charge is 0.416 e. The number of hydrogen-bond donors (Lipinski definition) is 3. The predicted molar refractivity (Wildman–Crippen MR) is 99.8 cm³/mol. The first-order valence-corrected chi connectivity index (χ1v) is 8.73. The van der Waals surface area contributed by atoms with Gasteiger partial charge in [-0.1, -0.05) is 35.9 Å².